The molecule has 0 spiro atoms. The highest BCUT2D eigenvalue weighted by Crippen LogP contribution is 2.10. The van der Waals surface area contributed by atoms with Crippen molar-refractivity contribution < 1.29 is 9.90 Å². The van der Waals surface area contributed by atoms with Crippen molar-refractivity contribution in [2.75, 3.05) is 0 Å². The van der Waals surface area contributed by atoms with E-state index in [-0.39, 0.29) is 6.42 Å². The van der Waals surface area contributed by atoms with Gasteiger partial charge in [-0.1, -0.05) is 75.5 Å². The summed E-state index contributed by atoms with van der Waals surface area (Å²) in [6.07, 6.45) is 26.4. The van der Waals surface area contributed by atoms with Gasteiger partial charge in [0.1, 0.15) is 0 Å². The standard InChI is InChI=1S/C20H34O2/c1-2-3-4-5-6-7-8-9-10-11-12-13-14-15-16-17-18-19-20(21)22/h3-4,14-17H,2,5-13,18-19H2,1H3,(H,21,22)/b4-3+,15-14+,17-16+. The average molecular weight is 306 g/mol. The molecule has 0 aromatic carbocycles. The zero-order chi connectivity index (χ0) is 16.3. The predicted octanol–water partition coefficient (Wildman–Crippen LogP) is 6.44. The van der Waals surface area contributed by atoms with Crippen molar-refractivity contribution in [3.8, 4) is 0 Å². The fourth-order valence-electron chi connectivity index (χ4n) is 2.25. The smallest absolute Gasteiger partial charge is 0.303 e. The first kappa shape index (κ1) is 20.7. The zero-order valence-electron chi connectivity index (χ0n) is 14.3. The largest absolute Gasteiger partial charge is 0.481 e. The number of allylic oxidation sites excluding steroid dienone is 6. The molecule has 0 fully saturated rings. The van der Waals surface area contributed by atoms with Crippen LogP contribution in [-0.4, -0.2) is 11.1 Å². The minimum Gasteiger partial charge on any atom is -0.481 e. The van der Waals surface area contributed by atoms with Crippen molar-refractivity contribution in [1.29, 1.82) is 0 Å². The highest BCUT2D eigenvalue weighted by molar-refractivity contribution is 5.66. The van der Waals surface area contributed by atoms with Gasteiger partial charge in [0.25, 0.3) is 0 Å². The molecule has 0 amide bonds. The highest BCUT2D eigenvalue weighted by atomic mass is 16.4. The molecule has 0 aliphatic heterocycles. The summed E-state index contributed by atoms with van der Waals surface area (Å²) in [5, 5.41) is 8.48. The van der Waals surface area contributed by atoms with Crippen LogP contribution >= 0.6 is 0 Å². The molecule has 0 rings (SSSR count). The van der Waals surface area contributed by atoms with Crippen molar-refractivity contribution in [2.24, 2.45) is 0 Å². The summed E-state index contributed by atoms with van der Waals surface area (Å²) < 4.78 is 0. The third-order valence-electron chi connectivity index (χ3n) is 3.55. The second kappa shape index (κ2) is 17.7. The summed E-state index contributed by atoms with van der Waals surface area (Å²) in [5.74, 6) is -0.731. The Balaban J connectivity index is 3.19. The molecule has 0 atom stereocenters. The van der Waals surface area contributed by atoms with Crippen LogP contribution in [0.5, 0.6) is 0 Å². The van der Waals surface area contributed by atoms with E-state index in [9.17, 15) is 4.79 Å². The van der Waals surface area contributed by atoms with Crippen molar-refractivity contribution in [3.05, 3.63) is 36.5 Å². The molecule has 0 saturated carbocycles. The Morgan fingerprint density at radius 2 is 1.23 bits per heavy atom. The second-order valence-electron chi connectivity index (χ2n) is 5.72. The Morgan fingerprint density at radius 1 is 0.727 bits per heavy atom. The molecule has 0 radical (unpaired) electrons. The van der Waals surface area contributed by atoms with Gasteiger partial charge in [0, 0.05) is 6.42 Å². The van der Waals surface area contributed by atoms with Gasteiger partial charge in [-0.15, -0.1) is 0 Å². The average Bonchev–Trinajstić information content (AvgIpc) is 2.50. The van der Waals surface area contributed by atoms with Crippen molar-refractivity contribution in [3.63, 3.8) is 0 Å². The second-order valence-corrected chi connectivity index (χ2v) is 5.72. The Hall–Kier alpha value is -1.31. The van der Waals surface area contributed by atoms with Crippen LogP contribution in [-0.2, 0) is 4.79 Å². The van der Waals surface area contributed by atoms with E-state index in [2.05, 4.69) is 25.2 Å². The maximum absolute atomic E-state index is 10.3. The van der Waals surface area contributed by atoms with Crippen LogP contribution in [0.4, 0.5) is 0 Å². The van der Waals surface area contributed by atoms with Crippen LogP contribution in [0.15, 0.2) is 36.5 Å². The van der Waals surface area contributed by atoms with Crippen LogP contribution in [0, 0.1) is 0 Å². The summed E-state index contributed by atoms with van der Waals surface area (Å²) in [4.78, 5) is 10.3. The van der Waals surface area contributed by atoms with Crippen LogP contribution in [0.3, 0.4) is 0 Å². The quantitative estimate of drug-likeness (QED) is 0.215. The van der Waals surface area contributed by atoms with Crippen molar-refractivity contribution in [1.82, 2.24) is 0 Å². The minimum atomic E-state index is -0.731. The number of aliphatic carboxylic acids is 1. The van der Waals surface area contributed by atoms with Gasteiger partial charge in [0.2, 0.25) is 0 Å². The van der Waals surface area contributed by atoms with Crippen LogP contribution in [0.25, 0.3) is 0 Å². The number of hydrogen-bond donors (Lipinski definition) is 1. The third kappa shape index (κ3) is 18.7. The van der Waals surface area contributed by atoms with E-state index in [4.69, 9.17) is 5.11 Å². The fourth-order valence-corrected chi connectivity index (χ4v) is 2.25. The van der Waals surface area contributed by atoms with Gasteiger partial charge in [-0.3, -0.25) is 4.79 Å². The van der Waals surface area contributed by atoms with Crippen molar-refractivity contribution >= 4 is 5.97 Å². The Kier molecular flexibility index (Phi) is 16.7. The summed E-state index contributed by atoms with van der Waals surface area (Å²) in [5.41, 5.74) is 0. The van der Waals surface area contributed by atoms with Crippen LogP contribution in [0.1, 0.15) is 84.0 Å². The number of carboxylic acid groups (broad SMARTS) is 1. The van der Waals surface area contributed by atoms with Gasteiger partial charge in [-0.2, -0.15) is 0 Å². The molecule has 2 heteroatoms. The Labute approximate surface area is 137 Å². The molecule has 0 aromatic rings. The maximum Gasteiger partial charge on any atom is 0.303 e. The van der Waals surface area contributed by atoms with E-state index in [1.165, 1.54) is 51.4 Å². The molecule has 0 aromatic heterocycles. The number of rotatable bonds is 15. The van der Waals surface area contributed by atoms with Crippen molar-refractivity contribution in [2.45, 2.75) is 84.0 Å². The van der Waals surface area contributed by atoms with Gasteiger partial charge in [-0.05, 0) is 38.5 Å². The predicted molar refractivity (Wildman–Crippen MR) is 96.1 cm³/mol. The summed E-state index contributed by atoms with van der Waals surface area (Å²) in [6.45, 7) is 2.18. The van der Waals surface area contributed by atoms with E-state index in [0.29, 0.717) is 6.42 Å². The third-order valence-corrected chi connectivity index (χ3v) is 3.55. The van der Waals surface area contributed by atoms with Crippen LogP contribution < -0.4 is 0 Å². The summed E-state index contributed by atoms with van der Waals surface area (Å²) in [7, 11) is 0. The first-order valence-electron chi connectivity index (χ1n) is 8.95. The van der Waals surface area contributed by atoms with E-state index in [0.717, 1.165) is 12.8 Å². The first-order chi connectivity index (χ1) is 10.8. The Morgan fingerprint density at radius 3 is 1.77 bits per heavy atom. The van der Waals surface area contributed by atoms with E-state index < -0.39 is 5.97 Å². The lowest BCUT2D eigenvalue weighted by atomic mass is 10.1. The maximum atomic E-state index is 10.3. The molecule has 1 N–H and O–H groups in total. The monoisotopic (exact) mass is 306 g/mol. The first-order valence-corrected chi connectivity index (χ1v) is 8.95. The highest BCUT2D eigenvalue weighted by Gasteiger charge is 1.91. The number of carboxylic acids is 1. The SMILES string of the molecule is CC/C=C/CCCCCCCCC/C=C/C=C/CCC(=O)O. The lowest BCUT2D eigenvalue weighted by molar-refractivity contribution is -0.136. The molecule has 0 saturated heterocycles. The van der Waals surface area contributed by atoms with E-state index in [1.807, 2.05) is 18.2 Å². The fraction of sp³-hybridized carbons (Fsp3) is 0.650. The molecule has 0 bridgehead atoms. The van der Waals surface area contributed by atoms with Gasteiger partial charge in [0.05, 0.1) is 0 Å². The van der Waals surface area contributed by atoms with Gasteiger partial charge < -0.3 is 5.11 Å². The topological polar surface area (TPSA) is 37.3 Å². The Bertz CT molecular complexity index is 327. The minimum absolute atomic E-state index is 0.221. The van der Waals surface area contributed by atoms with E-state index >= 15 is 0 Å². The van der Waals surface area contributed by atoms with Gasteiger partial charge >= 0.3 is 5.97 Å². The molecule has 0 heterocycles. The molecule has 0 unspecified atom stereocenters. The lowest BCUT2D eigenvalue weighted by Gasteiger charge is -2.00. The number of unbranched alkanes of at least 4 members (excludes halogenated alkanes) is 8. The molecule has 22 heavy (non-hydrogen) atoms. The van der Waals surface area contributed by atoms with E-state index in [1.54, 1.807) is 0 Å². The van der Waals surface area contributed by atoms with Gasteiger partial charge in [0.15, 0.2) is 0 Å². The van der Waals surface area contributed by atoms with Gasteiger partial charge in [-0.25, -0.2) is 0 Å². The summed E-state index contributed by atoms with van der Waals surface area (Å²) in [6, 6.07) is 0. The normalized spacial score (nSPS) is 12.0. The number of carbonyl (C=O) groups is 1. The lowest BCUT2D eigenvalue weighted by Crippen LogP contribution is -1.91. The molecule has 0 aliphatic carbocycles. The van der Waals surface area contributed by atoms with Crippen LogP contribution in [0.2, 0.25) is 0 Å². The zero-order valence-corrected chi connectivity index (χ0v) is 14.3. The summed E-state index contributed by atoms with van der Waals surface area (Å²) >= 11 is 0. The number of hydrogen-bond acceptors (Lipinski definition) is 1. The molecule has 2 nitrogen and oxygen atoms in total. The molecule has 126 valence electrons. The molecule has 0 aliphatic rings. The molecular weight excluding hydrogens is 272 g/mol. The molecular formula is C20H34O2.